The normalized spacial score (nSPS) is 21.2. The molecule has 1 aromatic heterocycles. The van der Waals surface area contributed by atoms with E-state index in [0.717, 1.165) is 31.4 Å². The summed E-state index contributed by atoms with van der Waals surface area (Å²) in [5, 5.41) is 18.4. The highest BCUT2D eigenvalue weighted by Crippen LogP contribution is 2.29. The van der Waals surface area contributed by atoms with Crippen molar-refractivity contribution in [3.05, 3.63) is 11.9 Å². The Kier molecular flexibility index (Phi) is 3.05. The quantitative estimate of drug-likeness (QED) is 0.750. The molecule has 15 heavy (non-hydrogen) atoms. The zero-order valence-corrected chi connectivity index (χ0v) is 9.32. The average Bonchev–Trinajstić information content (AvgIpc) is 2.46. The summed E-state index contributed by atoms with van der Waals surface area (Å²) in [6.45, 7) is 0. The minimum absolute atomic E-state index is 0.535. The molecule has 0 amide bonds. The molecular formula is C11H19N3O. The van der Waals surface area contributed by atoms with Gasteiger partial charge in [0.2, 0.25) is 0 Å². The van der Waals surface area contributed by atoms with Crippen molar-refractivity contribution in [2.45, 2.75) is 50.5 Å². The van der Waals surface area contributed by atoms with Gasteiger partial charge in [0, 0.05) is 19.7 Å². The summed E-state index contributed by atoms with van der Waals surface area (Å²) < 4.78 is 1.69. The lowest BCUT2D eigenvalue weighted by atomic mass is 9.90. The molecule has 0 aromatic carbocycles. The number of aliphatic hydroxyl groups is 1. The first-order valence-electron chi connectivity index (χ1n) is 5.76. The van der Waals surface area contributed by atoms with Crippen LogP contribution in [0, 0.1) is 0 Å². The van der Waals surface area contributed by atoms with Crippen molar-refractivity contribution in [3.8, 4) is 0 Å². The first-order valence-corrected chi connectivity index (χ1v) is 5.76. The summed E-state index contributed by atoms with van der Waals surface area (Å²) in [4.78, 5) is 0. The van der Waals surface area contributed by atoms with Gasteiger partial charge in [0.15, 0.2) is 0 Å². The molecule has 0 spiro atoms. The van der Waals surface area contributed by atoms with E-state index < -0.39 is 5.60 Å². The lowest BCUT2D eigenvalue weighted by Crippen LogP contribution is -2.30. The van der Waals surface area contributed by atoms with E-state index in [1.807, 2.05) is 13.2 Å². The molecule has 0 aliphatic heterocycles. The molecule has 4 heteroatoms. The summed E-state index contributed by atoms with van der Waals surface area (Å²) in [6, 6.07) is 0. The highest BCUT2D eigenvalue weighted by Gasteiger charge is 2.29. The Morgan fingerprint density at radius 2 is 2.00 bits per heavy atom. The van der Waals surface area contributed by atoms with Gasteiger partial charge in [-0.05, 0) is 12.8 Å². The maximum Gasteiger partial charge on any atom is 0.0855 e. The molecule has 1 aliphatic rings. The largest absolute Gasteiger partial charge is 0.389 e. The molecule has 0 atom stereocenters. The fraction of sp³-hybridized carbons (Fsp3) is 0.818. The molecule has 0 bridgehead atoms. The van der Waals surface area contributed by atoms with Crippen LogP contribution in [0.2, 0.25) is 0 Å². The van der Waals surface area contributed by atoms with Gasteiger partial charge in [0.05, 0.1) is 11.3 Å². The van der Waals surface area contributed by atoms with Crippen LogP contribution >= 0.6 is 0 Å². The standard InChI is InChI=1S/C11H19N3O/c1-14-9-10(12-13-14)8-11(15)6-4-2-3-5-7-11/h9,15H,2-8H2,1H3. The van der Waals surface area contributed by atoms with Gasteiger partial charge in [-0.2, -0.15) is 0 Å². The molecule has 84 valence electrons. The number of aromatic nitrogens is 3. The lowest BCUT2D eigenvalue weighted by molar-refractivity contribution is 0.0243. The zero-order chi connectivity index (χ0) is 10.7. The third-order valence-electron chi connectivity index (χ3n) is 3.19. The van der Waals surface area contributed by atoms with Gasteiger partial charge >= 0.3 is 0 Å². The minimum atomic E-state index is -0.535. The fourth-order valence-corrected chi connectivity index (χ4v) is 2.38. The predicted molar refractivity (Wildman–Crippen MR) is 57.4 cm³/mol. The molecule has 1 N–H and O–H groups in total. The number of nitrogens with zero attached hydrogens (tertiary/aromatic N) is 3. The van der Waals surface area contributed by atoms with Gasteiger partial charge in [0.25, 0.3) is 0 Å². The molecule has 1 fully saturated rings. The van der Waals surface area contributed by atoms with Gasteiger partial charge < -0.3 is 5.11 Å². The first-order chi connectivity index (χ1) is 7.18. The van der Waals surface area contributed by atoms with Gasteiger partial charge in [-0.25, -0.2) is 0 Å². The molecular weight excluding hydrogens is 190 g/mol. The molecule has 1 heterocycles. The van der Waals surface area contributed by atoms with Crippen LogP contribution in [-0.4, -0.2) is 25.7 Å². The minimum Gasteiger partial charge on any atom is -0.389 e. The van der Waals surface area contributed by atoms with Crippen LogP contribution in [0.15, 0.2) is 6.20 Å². The maximum absolute atomic E-state index is 10.4. The van der Waals surface area contributed by atoms with Gasteiger partial charge in [0.1, 0.15) is 0 Å². The van der Waals surface area contributed by atoms with Crippen molar-refractivity contribution in [1.82, 2.24) is 15.0 Å². The zero-order valence-electron chi connectivity index (χ0n) is 9.32. The number of hydrogen-bond acceptors (Lipinski definition) is 3. The van der Waals surface area contributed by atoms with E-state index in [9.17, 15) is 5.11 Å². The van der Waals surface area contributed by atoms with Crippen LogP contribution in [0.3, 0.4) is 0 Å². The lowest BCUT2D eigenvalue weighted by Gasteiger charge is -2.25. The molecule has 1 saturated carbocycles. The Bertz CT molecular complexity index is 313. The Labute approximate surface area is 90.3 Å². The van der Waals surface area contributed by atoms with Crippen molar-refractivity contribution in [2.75, 3.05) is 0 Å². The average molecular weight is 209 g/mol. The second-order valence-electron chi connectivity index (χ2n) is 4.70. The first kappa shape index (κ1) is 10.6. The van der Waals surface area contributed by atoms with Crippen LogP contribution in [0.25, 0.3) is 0 Å². The van der Waals surface area contributed by atoms with E-state index >= 15 is 0 Å². The van der Waals surface area contributed by atoms with Crippen molar-refractivity contribution < 1.29 is 5.11 Å². The Balaban J connectivity index is 2.02. The van der Waals surface area contributed by atoms with E-state index in [4.69, 9.17) is 0 Å². The smallest absolute Gasteiger partial charge is 0.0855 e. The predicted octanol–water partition coefficient (Wildman–Crippen LogP) is 1.44. The van der Waals surface area contributed by atoms with Crippen LogP contribution in [0.5, 0.6) is 0 Å². The second-order valence-corrected chi connectivity index (χ2v) is 4.70. The van der Waals surface area contributed by atoms with E-state index in [-0.39, 0.29) is 0 Å². The van der Waals surface area contributed by atoms with Crippen LogP contribution in [0.1, 0.15) is 44.2 Å². The third kappa shape index (κ3) is 2.78. The number of hydrogen-bond donors (Lipinski definition) is 1. The molecule has 0 saturated heterocycles. The monoisotopic (exact) mass is 209 g/mol. The SMILES string of the molecule is Cn1cc(CC2(O)CCCCCC2)nn1. The topological polar surface area (TPSA) is 50.9 Å². The van der Waals surface area contributed by atoms with Crippen LogP contribution < -0.4 is 0 Å². The molecule has 1 aromatic rings. The summed E-state index contributed by atoms with van der Waals surface area (Å²) in [5.74, 6) is 0. The second kappa shape index (κ2) is 4.31. The highest BCUT2D eigenvalue weighted by atomic mass is 16.3. The fourth-order valence-electron chi connectivity index (χ4n) is 2.38. The molecule has 0 unspecified atom stereocenters. The Hall–Kier alpha value is -0.900. The number of rotatable bonds is 2. The third-order valence-corrected chi connectivity index (χ3v) is 3.19. The summed E-state index contributed by atoms with van der Waals surface area (Å²) in [5.41, 5.74) is 0.369. The Morgan fingerprint density at radius 1 is 1.33 bits per heavy atom. The van der Waals surface area contributed by atoms with E-state index in [0.29, 0.717) is 6.42 Å². The molecule has 0 radical (unpaired) electrons. The number of aryl methyl sites for hydroxylation is 1. The van der Waals surface area contributed by atoms with Crippen LogP contribution in [-0.2, 0) is 13.5 Å². The van der Waals surface area contributed by atoms with E-state index in [1.165, 1.54) is 12.8 Å². The van der Waals surface area contributed by atoms with E-state index in [2.05, 4.69) is 10.3 Å². The Morgan fingerprint density at radius 3 is 2.53 bits per heavy atom. The van der Waals surface area contributed by atoms with Crippen molar-refractivity contribution >= 4 is 0 Å². The van der Waals surface area contributed by atoms with Gasteiger partial charge in [-0.15, -0.1) is 5.10 Å². The summed E-state index contributed by atoms with van der Waals surface area (Å²) in [6.07, 6.45) is 9.13. The van der Waals surface area contributed by atoms with Gasteiger partial charge in [-0.3, -0.25) is 4.68 Å². The molecule has 1 aliphatic carbocycles. The van der Waals surface area contributed by atoms with Crippen molar-refractivity contribution in [1.29, 1.82) is 0 Å². The highest BCUT2D eigenvalue weighted by molar-refractivity contribution is 4.99. The summed E-state index contributed by atoms with van der Waals surface area (Å²) >= 11 is 0. The van der Waals surface area contributed by atoms with Crippen molar-refractivity contribution in [3.63, 3.8) is 0 Å². The van der Waals surface area contributed by atoms with E-state index in [1.54, 1.807) is 4.68 Å². The van der Waals surface area contributed by atoms with Crippen LogP contribution in [0.4, 0.5) is 0 Å². The van der Waals surface area contributed by atoms with Gasteiger partial charge in [-0.1, -0.05) is 30.9 Å². The molecule has 2 rings (SSSR count). The van der Waals surface area contributed by atoms with Crippen molar-refractivity contribution in [2.24, 2.45) is 7.05 Å². The molecule has 4 nitrogen and oxygen atoms in total. The summed E-state index contributed by atoms with van der Waals surface area (Å²) in [7, 11) is 1.85. The maximum atomic E-state index is 10.4.